The number of rotatable bonds is 3. The van der Waals surface area contributed by atoms with Crippen molar-refractivity contribution in [2.75, 3.05) is 26.3 Å². The number of ether oxygens (including phenoxy) is 1. The van der Waals surface area contributed by atoms with Crippen molar-refractivity contribution in [3.05, 3.63) is 47.6 Å². The second kappa shape index (κ2) is 5.37. The highest BCUT2D eigenvalue weighted by molar-refractivity contribution is 5.42. The van der Waals surface area contributed by atoms with Gasteiger partial charge < -0.3 is 13.6 Å². The van der Waals surface area contributed by atoms with Crippen LogP contribution < -0.4 is 0 Å². The van der Waals surface area contributed by atoms with Crippen molar-refractivity contribution < 1.29 is 9.15 Å². The summed E-state index contributed by atoms with van der Waals surface area (Å²) in [6.07, 6.45) is 2.09. The highest BCUT2D eigenvalue weighted by Crippen LogP contribution is 2.43. The number of aromatic nitrogens is 4. The molecule has 2 atom stereocenters. The highest BCUT2D eigenvalue weighted by Gasteiger charge is 2.55. The lowest BCUT2D eigenvalue weighted by Gasteiger charge is -2.23. The first-order valence-electron chi connectivity index (χ1n) is 8.69. The van der Waals surface area contributed by atoms with Crippen LogP contribution >= 0.6 is 0 Å². The molecule has 5 heterocycles. The molecule has 25 heavy (non-hydrogen) atoms. The van der Waals surface area contributed by atoms with E-state index in [-0.39, 0.29) is 5.41 Å². The molecule has 5 rings (SSSR count). The molecule has 7 nitrogen and oxygen atoms in total. The Morgan fingerprint density at radius 2 is 2.20 bits per heavy atom. The standard InChI is InChI=1S/C18H21N5O2/c1-12-15(23-6-4-3-5-16(23)19-12)8-22-7-14-9-24-11-18(14,10-22)17-21-20-13(2)25-17/h3-6,14H,7-11H2,1-2H3/t14-,18-/m0/s1. The first-order chi connectivity index (χ1) is 12.2. The zero-order chi connectivity index (χ0) is 17.0. The van der Waals surface area contributed by atoms with Crippen LogP contribution in [0.4, 0.5) is 0 Å². The van der Waals surface area contributed by atoms with Crippen molar-refractivity contribution in [2.45, 2.75) is 25.8 Å². The minimum absolute atomic E-state index is 0.171. The van der Waals surface area contributed by atoms with Crippen molar-refractivity contribution in [2.24, 2.45) is 5.92 Å². The molecular weight excluding hydrogens is 318 g/mol. The smallest absolute Gasteiger partial charge is 0.226 e. The third-order valence-corrected chi connectivity index (χ3v) is 5.60. The Hall–Kier alpha value is -2.25. The van der Waals surface area contributed by atoms with Crippen molar-refractivity contribution in [1.29, 1.82) is 0 Å². The van der Waals surface area contributed by atoms with Crippen LogP contribution in [0.2, 0.25) is 0 Å². The molecule has 0 aromatic carbocycles. The summed E-state index contributed by atoms with van der Waals surface area (Å²) in [5.41, 5.74) is 3.16. The van der Waals surface area contributed by atoms with E-state index in [2.05, 4.69) is 37.6 Å². The van der Waals surface area contributed by atoms with Gasteiger partial charge >= 0.3 is 0 Å². The molecule has 0 amide bonds. The van der Waals surface area contributed by atoms with Crippen LogP contribution in [0.1, 0.15) is 23.2 Å². The van der Waals surface area contributed by atoms with Crippen LogP contribution in [0.25, 0.3) is 5.65 Å². The van der Waals surface area contributed by atoms with E-state index in [1.807, 2.05) is 25.1 Å². The Kier molecular flexibility index (Phi) is 3.23. The molecule has 7 heteroatoms. The van der Waals surface area contributed by atoms with Gasteiger partial charge in [0, 0.05) is 38.7 Å². The normalized spacial score (nSPS) is 26.6. The van der Waals surface area contributed by atoms with E-state index in [0.717, 1.165) is 43.5 Å². The predicted octanol–water partition coefficient (Wildman–Crippen LogP) is 1.73. The molecule has 0 saturated carbocycles. The van der Waals surface area contributed by atoms with Gasteiger partial charge in [-0.3, -0.25) is 4.90 Å². The zero-order valence-corrected chi connectivity index (χ0v) is 14.5. The fourth-order valence-electron chi connectivity index (χ4n) is 4.33. The fourth-order valence-corrected chi connectivity index (χ4v) is 4.33. The summed E-state index contributed by atoms with van der Waals surface area (Å²) in [6, 6.07) is 6.12. The summed E-state index contributed by atoms with van der Waals surface area (Å²) in [5.74, 6) is 1.74. The summed E-state index contributed by atoms with van der Waals surface area (Å²) < 4.78 is 13.8. The molecule has 0 N–H and O–H groups in total. The third kappa shape index (κ3) is 2.22. The number of likely N-dealkylation sites (tertiary alicyclic amines) is 1. The van der Waals surface area contributed by atoms with E-state index in [1.54, 1.807) is 0 Å². The van der Waals surface area contributed by atoms with Gasteiger partial charge in [-0.05, 0) is 19.1 Å². The number of hydrogen-bond acceptors (Lipinski definition) is 6. The first-order valence-corrected chi connectivity index (χ1v) is 8.69. The largest absolute Gasteiger partial charge is 0.425 e. The quantitative estimate of drug-likeness (QED) is 0.724. The van der Waals surface area contributed by atoms with Gasteiger partial charge in [0.1, 0.15) is 5.65 Å². The maximum absolute atomic E-state index is 5.80. The molecule has 0 spiro atoms. The predicted molar refractivity (Wildman–Crippen MR) is 90.2 cm³/mol. The Morgan fingerprint density at radius 3 is 3.04 bits per heavy atom. The van der Waals surface area contributed by atoms with Crippen LogP contribution in [-0.4, -0.2) is 50.8 Å². The van der Waals surface area contributed by atoms with Gasteiger partial charge in [0.2, 0.25) is 11.8 Å². The van der Waals surface area contributed by atoms with Crippen molar-refractivity contribution in [1.82, 2.24) is 24.5 Å². The number of hydrogen-bond donors (Lipinski definition) is 0. The first kappa shape index (κ1) is 15.0. The second-order valence-corrected chi connectivity index (χ2v) is 7.24. The van der Waals surface area contributed by atoms with E-state index in [9.17, 15) is 0 Å². The van der Waals surface area contributed by atoms with E-state index in [1.165, 1.54) is 5.69 Å². The van der Waals surface area contributed by atoms with E-state index >= 15 is 0 Å². The van der Waals surface area contributed by atoms with Crippen LogP contribution in [-0.2, 0) is 16.7 Å². The number of nitrogens with zero attached hydrogens (tertiary/aromatic N) is 5. The maximum atomic E-state index is 5.80. The molecular formula is C18H21N5O2. The Balaban J connectivity index is 1.46. The minimum atomic E-state index is -0.171. The number of aryl methyl sites for hydroxylation is 2. The molecule has 0 radical (unpaired) electrons. The molecule has 2 aliphatic heterocycles. The van der Waals surface area contributed by atoms with Gasteiger partial charge in [-0.25, -0.2) is 4.98 Å². The van der Waals surface area contributed by atoms with Gasteiger partial charge in [0.15, 0.2) is 0 Å². The fraction of sp³-hybridized carbons (Fsp3) is 0.500. The van der Waals surface area contributed by atoms with Gasteiger partial charge in [-0.2, -0.15) is 0 Å². The molecule has 0 aliphatic carbocycles. The average molecular weight is 339 g/mol. The molecule has 2 aliphatic rings. The van der Waals surface area contributed by atoms with E-state index in [4.69, 9.17) is 9.15 Å². The molecule has 0 unspecified atom stereocenters. The minimum Gasteiger partial charge on any atom is -0.425 e. The summed E-state index contributed by atoms with van der Waals surface area (Å²) in [6.45, 7) is 8.04. The SMILES string of the molecule is Cc1nnc([C@@]23COC[C@@H]2CN(Cc2c(C)nc4ccccn24)C3)o1. The van der Waals surface area contributed by atoms with Crippen LogP contribution in [0, 0.1) is 19.8 Å². The van der Waals surface area contributed by atoms with Gasteiger partial charge in [0.25, 0.3) is 0 Å². The van der Waals surface area contributed by atoms with E-state index < -0.39 is 0 Å². The third-order valence-electron chi connectivity index (χ3n) is 5.60. The Morgan fingerprint density at radius 1 is 1.28 bits per heavy atom. The molecule has 0 bridgehead atoms. The number of fused-ring (bicyclic) bond motifs is 2. The number of imidazole rings is 1. The highest BCUT2D eigenvalue weighted by atomic mass is 16.5. The van der Waals surface area contributed by atoms with Gasteiger partial charge in [-0.1, -0.05) is 6.07 Å². The van der Waals surface area contributed by atoms with E-state index in [0.29, 0.717) is 18.4 Å². The lowest BCUT2D eigenvalue weighted by atomic mass is 9.81. The molecule has 2 saturated heterocycles. The topological polar surface area (TPSA) is 68.7 Å². The van der Waals surface area contributed by atoms with Crippen LogP contribution in [0.3, 0.4) is 0 Å². The zero-order valence-electron chi connectivity index (χ0n) is 14.5. The number of pyridine rings is 1. The Bertz CT molecular complexity index is 933. The summed E-state index contributed by atoms with van der Waals surface area (Å²) in [5, 5.41) is 8.36. The van der Waals surface area contributed by atoms with Crippen molar-refractivity contribution in [3.8, 4) is 0 Å². The molecule has 3 aromatic heterocycles. The monoisotopic (exact) mass is 339 g/mol. The van der Waals surface area contributed by atoms with Crippen LogP contribution in [0.15, 0.2) is 28.8 Å². The summed E-state index contributed by atoms with van der Waals surface area (Å²) in [4.78, 5) is 7.15. The van der Waals surface area contributed by atoms with Gasteiger partial charge in [-0.15, -0.1) is 10.2 Å². The molecule has 2 fully saturated rings. The lowest BCUT2D eigenvalue weighted by Crippen LogP contribution is -2.36. The Labute approximate surface area is 145 Å². The van der Waals surface area contributed by atoms with Crippen molar-refractivity contribution >= 4 is 5.65 Å². The second-order valence-electron chi connectivity index (χ2n) is 7.24. The molecule has 3 aromatic rings. The average Bonchev–Trinajstić information content (AvgIpc) is 3.31. The summed E-state index contributed by atoms with van der Waals surface area (Å²) in [7, 11) is 0. The maximum Gasteiger partial charge on any atom is 0.226 e. The van der Waals surface area contributed by atoms with Crippen LogP contribution in [0.5, 0.6) is 0 Å². The lowest BCUT2D eigenvalue weighted by molar-refractivity contribution is 0.139. The molecule has 130 valence electrons. The summed E-state index contributed by atoms with van der Waals surface area (Å²) >= 11 is 0. The van der Waals surface area contributed by atoms with Gasteiger partial charge in [0.05, 0.1) is 30.0 Å². The van der Waals surface area contributed by atoms with Crippen molar-refractivity contribution in [3.63, 3.8) is 0 Å².